The molecule has 0 N–H and O–H groups in total. The SMILES string of the molecule is Cc1sc2ncnc(N3CCN(Cc4ccccc4)CC3)c2c1-c1ccc(Cl)cc1. The van der Waals surface area contributed by atoms with Crippen LogP contribution < -0.4 is 4.90 Å². The molecule has 0 amide bonds. The van der Waals surface area contributed by atoms with E-state index in [2.05, 4.69) is 64.2 Å². The quantitative estimate of drug-likeness (QED) is 0.416. The van der Waals surface area contributed by atoms with Crippen LogP contribution in [0.3, 0.4) is 0 Å². The molecule has 0 atom stereocenters. The molecule has 0 aliphatic carbocycles. The van der Waals surface area contributed by atoms with Gasteiger partial charge >= 0.3 is 0 Å². The summed E-state index contributed by atoms with van der Waals surface area (Å²) in [6.07, 6.45) is 1.70. The molecule has 4 nitrogen and oxygen atoms in total. The Morgan fingerprint density at radius 2 is 1.67 bits per heavy atom. The monoisotopic (exact) mass is 434 g/mol. The van der Waals surface area contributed by atoms with Crippen LogP contribution in [-0.4, -0.2) is 41.0 Å². The van der Waals surface area contributed by atoms with Crippen molar-refractivity contribution in [3.63, 3.8) is 0 Å². The normalized spacial score (nSPS) is 15.1. The number of hydrogen-bond donors (Lipinski definition) is 0. The number of piperazine rings is 1. The first-order valence-electron chi connectivity index (χ1n) is 10.2. The molecule has 0 bridgehead atoms. The largest absolute Gasteiger partial charge is 0.353 e. The molecule has 0 saturated carbocycles. The summed E-state index contributed by atoms with van der Waals surface area (Å²) in [6.45, 7) is 7.15. The summed E-state index contributed by atoms with van der Waals surface area (Å²) >= 11 is 7.86. The molecule has 0 unspecified atom stereocenters. The Balaban J connectivity index is 1.43. The van der Waals surface area contributed by atoms with E-state index in [-0.39, 0.29) is 0 Å². The Labute approximate surface area is 185 Å². The third-order valence-electron chi connectivity index (χ3n) is 5.70. The molecule has 6 heteroatoms. The van der Waals surface area contributed by atoms with Gasteiger partial charge in [0.25, 0.3) is 0 Å². The molecule has 2 aromatic carbocycles. The van der Waals surface area contributed by atoms with Gasteiger partial charge in [-0.1, -0.05) is 54.1 Å². The first kappa shape index (κ1) is 19.5. The Morgan fingerprint density at radius 3 is 2.40 bits per heavy atom. The zero-order valence-corrected chi connectivity index (χ0v) is 18.5. The van der Waals surface area contributed by atoms with Crippen LogP contribution in [0, 0.1) is 6.92 Å². The zero-order valence-electron chi connectivity index (χ0n) is 16.9. The van der Waals surface area contributed by atoms with E-state index in [0.29, 0.717) is 0 Å². The Bertz CT molecular complexity index is 1150. The summed E-state index contributed by atoms with van der Waals surface area (Å²) in [4.78, 5) is 16.6. The number of nitrogens with zero attached hydrogens (tertiary/aromatic N) is 4. The fourth-order valence-electron chi connectivity index (χ4n) is 4.19. The van der Waals surface area contributed by atoms with Crippen molar-refractivity contribution in [3.8, 4) is 11.1 Å². The lowest BCUT2D eigenvalue weighted by Gasteiger charge is -2.35. The molecular weight excluding hydrogens is 412 g/mol. The van der Waals surface area contributed by atoms with E-state index in [1.54, 1.807) is 17.7 Å². The Kier molecular flexibility index (Phi) is 5.42. The van der Waals surface area contributed by atoms with Gasteiger partial charge < -0.3 is 4.90 Å². The van der Waals surface area contributed by atoms with Crippen LogP contribution in [0.4, 0.5) is 5.82 Å². The highest BCUT2D eigenvalue weighted by Crippen LogP contribution is 2.41. The van der Waals surface area contributed by atoms with Crippen molar-refractivity contribution in [1.82, 2.24) is 14.9 Å². The van der Waals surface area contributed by atoms with Gasteiger partial charge in [-0.2, -0.15) is 0 Å². The number of hydrogen-bond acceptors (Lipinski definition) is 5. The number of halogens is 1. The van der Waals surface area contributed by atoms with Gasteiger partial charge in [0, 0.05) is 48.2 Å². The molecule has 1 aliphatic heterocycles. The summed E-state index contributed by atoms with van der Waals surface area (Å²) in [5, 5.41) is 1.92. The van der Waals surface area contributed by atoms with E-state index >= 15 is 0 Å². The van der Waals surface area contributed by atoms with Gasteiger partial charge in [0.2, 0.25) is 0 Å². The highest BCUT2D eigenvalue weighted by molar-refractivity contribution is 7.19. The minimum atomic E-state index is 0.752. The van der Waals surface area contributed by atoms with Crippen LogP contribution in [0.25, 0.3) is 21.3 Å². The summed E-state index contributed by atoms with van der Waals surface area (Å²) < 4.78 is 0. The molecule has 5 rings (SSSR count). The first-order valence-corrected chi connectivity index (χ1v) is 11.4. The number of benzene rings is 2. The standard InChI is InChI=1S/C24H23ClN4S/c1-17-21(19-7-9-20(25)10-8-19)22-23(26-16-27-24(22)30-17)29-13-11-28(12-14-29)15-18-5-3-2-4-6-18/h2-10,16H,11-15H2,1H3. The molecular formula is C24H23ClN4S. The van der Waals surface area contributed by atoms with E-state index in [9.17, 15) is 0 Å². The average molecular weight is 435 g/mol. The van der Waals surface area contributed by atoms with E-state index in [1.807, 2.05) is 12.1 Å². The summed E-state index contributed by atoms with van der Waals surface area (Å²) in [7, 11) is 0. The lowest BCUT2D eigenvalue weighted by molar-refractivity contribution is 0.249. The minimum Gasteiger partial charge on any atom is -0.353 e. The summed E-state index contributed by atoms with van der Waals surface area (Å²) in [5.41, 5.74) is 3.77. The maximum Gasteiger partial charge on any atom is 0.141 e. The highest BCUT2D eigenvalue weighted by Gasteiger charge is 2.23. The van der Waals surface area contributed by atoms with Crippen molar-refractivity contribution in [2.75, 3.05) is 31.1 Å². The number of anilines is 1. The molecule has 1 saturated heterocycles. The van der Waals surface area contributed by atoms with Crippen LogP contribution in [0.1, 0.15) is 10.4 Å². The summed E-state index contributed by atoms with van der Waals surface area (Å²) in [5.74, 6) is 1.05. The first-order chi connectivity index (χ1) is 14.7. The second kappa shape index (κ2) is 8.34. The van der Waals surface area contributed by atoms with Crippen molar-refractivity contribution in [1.29, 1.82) is 0 Å². The van der Waals surface area contributed by atoms with Crippen molar-refractivity contribution < 1.29 is 0 Å². The maximum atomic E-state index is 6.12. The lowest BCUT2D eigenvalue weighted by Crippen LogP contribution is -2.46. The van der Waals surface area contributed by atoms with Gasteiger partial charge in [-0.3, -0.25) is 4.90 Å². The van der Waals surface area contributed by atoms with Gasteiger partial charge in [0.1, 0.15) is 17.0 Å². The fraction of sp³-hybridized carbons (Fsp3) is 0.250. The molecule has 2 aromatic heterocycles. The van der Waals surface area contributed by atoms with Gasteiger partial charge in [-0.25, -0.2) is 9.97 Å². The van der Waals surface area contributed by atoms with Gasteiger partial charge in [-0.15, -0.1) is 11.3 Å². The summed E-state index contributed by atoms with van der Waals surface area (Å²) in [6, 6.07) is 18.8. The number of thiophene rings is 1. The maximum absolute atomic E-state index is 6.12. The van der Waals surface area contributed by atoms with Crippen molar-refractivity contribution in [3.05, 3.63) is 76.4 Å². The van der Waals surface area contributed by atoms with Gasteiger partial charge in [0.15, 0.2) is 0 Å². The Morgan fingerprint density at radius 1 is 0.933 bits per heavy atom. The highest BCUT2D eigenvalue weighted by atomic mass is 35.5. The topological polar surface area (TPSA) is 32.3 Å². The molecule has 1 fully saturated rings. The van der Waals surface area contributed by atoms with E-state index < -0.39 is 0 Å². The molecule has 0 radical (unpaired) electrons. The van der Waals surface area contributed by atoms with Crippen LogP contribution >= 0.6 is 22.9 Å². The van der Waals surface area contributed by atoms with Gasteiger partial charge in [0.05, 0.1) is 5.39 Å². The smallest absolute Gasteiger partial charge is 0.141 e. The lowest BCUT2D eigenvalue weighted by atomic mass is 10.0. The number of fused-ring (bicyclic) bond motifs is 1. The third-order valence-corrected chi connectivity index (χ3v) is 6.96. The Hall–Kier alpha value is -2.47. The number of aromatic nitrogens is 2. The minimum absolute atomic E-state index is 0.752. The molecule has 3 heterocycles. The fourth-order valence-corrected chi connectivity index (χ4v) is 5.33. The zero-order chi connectivity index (χ0) is 20.5. The van der Waals surface area contributed by atoms with Crippen LogP contribution in [0.2, 0.25) is 5.02 Å². The van der Waals surface area contributed by atoms with Crippen molar-refractivity contribution >= 4 is 39.0 Å². The third kappa shape index (κ3) is 3.81. The van der Waals surface area contributed by atoms with Crippen LogP contribution in [-0.2, 0) is 6.54 Å². The molecule has 0 spiro atoms. The molecule has 1 aliphatic rings. The van der Waals surface area contributed by atoms with Crippen molar-refractivity contribution in [2.24, 2.45) is 0 Å². The van der Waals surface area contributed by atoms with Gasteiger partial charge in [-0.05, 0) is 30.2 Å². The predicted molar refractivity (Wildman–Crippen MR) is 127 cm³/mol. The molecule has 152 valence electrons. The van der Waals surface area contributed by atoms with Crippen LogP contribution in [0.5, 0.6) is 0 Å². The van der Waals surface area contributed by atoms with Crippen molar-refractivity contribution in [2.45, 2.75) is 13.5 Å². The second-order valence-electron chi connectivity index (χ2n) is 7.67. The second-order valence-corrected chi connectivity index (χ2v) is 9.31. The molecule has 30 heavy (non-hydrogen) atoms. The average Bonchev–Trinajstić information content (AvgIpc) is 3.11. The van der Waals surface area contributed by atoms with E-state index in [0.717, 1.165) is 48.4 Å². The number of aryl methyl sites for hydroxylation is 1. The number of rotatable bonds is 4. The predicted octanol–water partition coefficient (Wildman–Crippen LogP) is 5.64. The van der Waals surface area contributed by atoms with E-state index in [1.165, 1.54) is 27.0 Å². The molecule has 4 aromatic rings. The van der Waals surface area contributed by atoms with Crippen LogP contribution in [0.15, 0.2) is 60.9 Å². The van der Waals surface area contributed by atoms with E-state index in [4.69, 9.17) is 16.6 Å².